The van der Waals surface area contributed by atoms with E-state index in [1.807, 2.05) is 0 Å². The highest BCUT2D eigenvalue weighted by molar-refractivity contribution is 5.66. The Hall–Kier alpha value is -2.97. The van der Waals surface area contributed by atoms with Crippen molar-refractivity contribution >= 4 is 22.5 Å². The molecule has 4 aromatic rings. The lowest BCUT2D eigenvalue weighted by atomic mass is 10.6. The molecule has 9 heteroatoms. The third-order valence-corrected chi connectivity index (χ3v) is 1.99. The molecular weight excluding hydrogens is 236 g/mol. The Labute approximate surface area is 99.3 Å². The van der Waals surface area contributed by atoms with Gasteiger partial charge in [-0.3, -0.25) is 5.10 Å². The first-order valence-electron chi connectivity index (χ1n) is 4.90. The molecule has 4 rings (SSSR count). The Morgan fingerprint density at radius 1 is 1.00 bits per heavy atom. The molecule has 0 spiro atoms. The van der Waals surface area contributed by atoms with E-state index < -0.39 is 0 Å². The summed E-state index contributed by atoms with van der Waals surface area (Å²) in [5.41, 5.74) is 2.40. The summed E-state index contributed by atoms with van der Waals surface area (Å²) in [6, 6.07) is 0. The first kappa shape index (κ1) is 10.2. The van der Waals surface area contributed by atoms with Crippen molar-refractivity contribution in [2.24, 2.45) is 0 Å². The smallest absolute Gasteiger partial charge is 0.266 e. The molecule has 88 valence electrons. The number of H-pyrrole nitrogens is 1. The van der Waals surface area contributed by atoms with Gasteiger partial charge in [0.15, 0.2) is 6.39 Å². The maximum absolute atomic E-state index is 4.83. The van der Waals surface area contributed by atoms with Crippen molar-refractivity contribution in [1.29, 1.82) is 0 Å². The summed E-state index contributed by atoms with van der Waals surface area (Å²) >= 11 is 0. The molecule has 0 aliphatic heterocycles. The Kier molecular flexibility index (Phi) is 2.55. The lowest BCUT2D eigenvalue weighted by molar-refractivity contribution is 0.590. The number of oxazole rings is 1. The highest BCUT2D eigenvalue weighted by Crippen LogP contribution is 2.01. The summed E-state index contributed by atoms with van der Waals surface area (Å²) in [5, 5.41) is 9.82. The van der Waals surface area contributed by atoms with Gasteiger partial charge in [-0.15, -0.1) is 5.10 Å². The molecule has 18 heavy (non-hydrogen) atoms. The molecule has 9 nitrogen and oxygen atoms in total. The molecule has 0 aromatic carbocycles. The minimum atomic E-state index is 0.484. The zero-order chi connectivity index (χ0) is 12.2. The molecule has 1 N–H and O–H groups in total. The topological polar surface area (TPSA) is 119 Å². The molecule has 4 heterocycles. The van der Waals surface area contributed by atoms with E-state index in [1.54, 1.807) is 18.6 Å². The molecule has 0 unspecified atom stereocenters. The average molecular weight is 242 g/mol. The molecule has 0 fully saturated rings. The van der Waals surface area contributed by atoms with Gasteiger partial charge < -0.3 is 4.42 Å². The number of aromatic nitrogens is 8. The molecule has 0 aliphatic rings. The van der Waals surface area contributed by atoms with Crippen LogP contribution in [-0.4, -0.2) is 40.3 Å². The average Bonchev–Trinajstić information content (AvgIpc) is 3.08. The molecule has 0 bridgehead atoms. The van der Waals surface area contributed by atoms with Crippen molar-refractivity contribution in [3.63, 3.8) is 0 Å². The van der Waals surface area contributed by atoms with E-state index in [9.17, 15) is 0 Å². The summed E-state index contributed by atoms with van der Waals surface area (Å²) in [6.45, 7) is 0. The van der Waals surface area contributed by atoms with Crippen LogP contribution in [0.5, 0.6) is 0 Å². The standard InChI is InChI=1S/C5H3N3O.C4H3N5/c1-2-7-5-4(6-1)8-3-9-5;1-3-4(6-2-5-1)8-9-7-3/h1-3H;1-2H,(H,5,6,7,8,9). The van der Waals surface area contributed by atoms with E-state index in [-0.39, 0.29) is 0 Å². The molecule has 0 radical (unpaired) electrons. The van der Waals surface area contributed by atoms with Gasteiger partial charge in [-0.2, -0.15) is 4.98 Å². The maximum Gasteiger partial charge on any atom is 0.266 e. The molecule has 0 atom stereocenters. The summed E-state index contributed by atoms with van der Waals surface area (Å²) in [5.74, 6) is 0. The van der Waals surface area contributed by atoms with E-state index in [2.05, 4.69) is 40.3 Å². The van der Waals surface area contributed by atoms with E-state index in [0.29, 0.717) is 17.0 Å². The zero-order valence-corrected chi connectivity index (χ0v) is 8.93. The number of nitrogens with zero attached hydrogens (tertiary/aromatic N) is 7. The van der Waals surface area contributed by atoms with E-state index in [1.165, 1.54) is 12.7 Å². The molecule has 0 amide bonds. The Morgan fingerprint density at radius 2 is 1.94 bits per heavy atom. The fourth-order valence-corrected chi connectivity index (χ4v) is 1.22. The lowest BCUT2D eigenvalue weighted by Gasteiger charge is -1.78. The zero-order valence-electron chi connectivity index (χ0n) is 8.93. The van der Waals surface area contributed by atoms with Gasteiger partial charge in [0, 0.05) is 12.4 Å². The van der Waals surface area contributed by atoms with Crippen LogP contribution >= 0.6 is 0 Å². The van der Waals surface area contributed by atoms with Gasteiger partial charge in [0.2, 0.25) is 11.3 Å². The van der Waals surface area contributed by atoms with Crippen molar-refractivity contribution in [2.75, 3.05) is 0 Å². The highest BCUT2D eigenvalue weighted by atomic mass is 16.3. The van der Waals surface area contributed by atoms with Crippen LogP contribution in [0.4, 0.5) is 0 Å². The van der Waals surface area contributed by atoms with Crippen LogP contribution in [0.1, 0.15) is 0 Å². The van der Waals surface area contributed by atoms with E-state index in [0.717, 1.165) is 5.52 Å². The SMILES string of the molecule is c1cnc2ocnc2n1.c1ncc2[nH]nnc2n1. The Morgan fingerprint density at radius 3 is 2.83 bits per heavy atom. The second-order valence-electron chi connectivity index (χ2n) is 3.11. The fourth-order valence-electron chi connectivity index (χ4n) is 1.22. The first-order chi connectivity index (χ1) is 8.93. The van der Waals surface area contributed by atoms with Crippen LogP contribution in [-0.2, 0) is 0 Å². The molecule has 0 saturated carbocycles. The quantitative estimate of drug-likeness (QED) is 0.469. The second-order valence-corrected chi connectivity index (χ2v) is 3.11. The highest BCUT2D eigenvalue weighted by Gasteiger charge is 1.95. The number of fused-ring (bicyclic) bond motifs is 2. The van der Waals surface area contributed by atoms with Crippen LogP contribution in [0.15, 0.2) is 35.7 Å². The van der Waals surface area contributed by atoms with Gasteiger partial charge in [-0.1, -0.05) is 5.21 Å². The van der Waals surface area contributed by atoms with Gasteiger partial charge in [0.25, 0.3) is 5.71 Å². The number of aromatic amines is 1. The van der Waals surface area contributed by atoms with Gasteiger partial charge in [0.05, 0.1) is 6.20 Å². The summed E-state index contributed by atoms with van der Waals surface area (Å²) < 4.78 is 4.83. The lowest BCUT2D eigenvalue weighted by Crippen LogP contribution is -1.76. The van der Waals surface area contributed by atoms with Crippen LogP contribution in [0.25, 0.3) is 22.5 Å². The second kappa shape index (κ2) is 4.49. The number of rotatable bonds is 0. The van der Waals surface area contributed by atoms with Crippen LogP contribution in [0.3, 0.4) is 0 Å². The summed E-state index contributed by atoms with van der Waals surface area (Å²) in [7, 11) is 0. The first-order valence-corrected chi connectivity index (χ1v) is 4.90. The van der Waals surface area contributed by atoms with Gasteiger partial charge >= 0.3 is 0 Å². The molecule has 4 aromatic heterocycles. The molecule has 0 saturated heterocycles. The number of hydrogen-bond acceptors (Lipinski definition) is 8. The maximum atomic E-state index is 4.83. The largest absolute Gasteiger partial charge is 0.424 e. The predicted octanol–water partition coefficient (Wildman–Crippen LogP) is 0.366. The summed E-state index contributed by atoms with van der Waals surface area (Å²) in [4.78, 5) is 19.1. The summed E-state index contributed by atoms with van der Waals surface area (Å²) in [6.07, 6.45) is 7.52. The number of hydrogen-bond donors (Lipinski definition) is 1. The Balaban J connectivity index is 0.000000111. The van der Waals surface area contributed by atoms with Crippen molar-refractivity contribution in [1.82, 2.24) is 40.3 Å². The normalized spacial score (nSPS) is 10.2. The van der Waals surface area contributed by atoms with Gasteiger partial charge in [0.1, 0.15) is 11.8 Å². The monoisotopic (exact) mass is 242 g/mol. The fraction of sp³-hybridized carbons (Fsp3) is 0. The van der Waals surface area contributed by atoms with Crippen LogP contribution < -0.4 is 0 Å². The third kappa shape index (κ3) is 1.96. The van der Waals surface area contributed by atoms with Crippen molar-refractivity contribution in [3.05, 3.63) is 31.3 Å². The Bertz CT molecular complexity index is 637. The minimum Gasteiger partial charge on any atom is -0.424 e. The van der Waals surface area contributed by atoms with Gasteiger partial charge in [-0.05, 0) is 0 Å². The van der Waals surface area contributed by atoms with Crippen molar-refractivity contribution in [2.45, 2.75) is 0 Å². The van der Waals surface area contributed by atoms with E-state index in [4.69, 9.17) is 4.42 Å². The van der Waals surface area contributed by atoms with Crippen molar-refractivity contribution < 1.29 is 4.42 Å². The minimum absolute atomic E-state index is 0.484. The predicted molar refractivity (Wildman–Crippen MR) is 59.1 cm³/mol. The molecular formula is C9H6N8O. The molecule has 0 aliphatic carbocycles. The van der Waals surface area contributed by atoms with Crippen LogP contribution in [0, 0.1) is 0 Å². The van der Waals surface area contributed by atoms with Crippen LogP contribution in [0.2, 0.25) is 0 Å². The number of nitrogens with one attached hydrogen (secondary N) is 1. The van der Waals surface area contributed by atoms with Gasteiger partial charge in [-0.25, -0.2) is 19.9 Å². The van der Waals surface area contributed by atoms with E-state index >= 15 is 0 Å². The third-order valence-electron chi connectivity index (χ3n) is 1.99. The van der Waals surface area contributed by atoms with Crippen molar-refractivity contribution in [3.8, 4) is 0 Å².